The lowest BCUT2D eigenvalue weighted by molar-refractivity contribution is 1.27. The van der Waals surface area contributed by atoms with Crippen LogP contribution >= 0.6 is 15.9 Å². The molecule has 0 saturated carbocycles. The molecule has 3 heterocycles. The monoisotopic (exact) mass is 326 g/mol. The molecule has 0 aliphatic rings. The van der Waals surface area contributed by atoms with Gasteiger partial charge in [-0.3, -0.25) is 9.97 Å². The van der Waals surface area contributed by atoms with E-state index in [0.29, 0.717) is 5.82 Å². The molecule has 20 heavy (non-hydrogen) atoms. The third kappa shape index (κ3) is 2.40. The molecule has 3 aromatic rings. The molecule has 3 aromatic heterocycles. The summed E-state index contributed by atoms with van der Waals surface area (Å²) in [6.07, 6.45) is 7.03. The third-order valence-electron chi connectivity index (χ3n) is 2.93. The van der Waals surface area contributed by atoms with Gasteiger partial charge in [0.05, 0.1) is 10.2 Å². The molecule has 0 spiro atoms. The van der Waals surface area contributed by atoms with Gasteiger partial charge in [0.15, 0.2) is 0 Å². The van der Waals surface area contributed by atoms with Crippen molar-refractivity contribution in [2.45, 2.75) is 0 Å². The van der Waals surface area contributed by atoms with Gasteiger partial charge in [-0.1, -0.05) is 0 Å². The molecule has 0 unspecified atom stereocenters. The molecular weight excluding hydrogens is 316 g/mol. The number of hydrogen-bond donors (Lipinski definition) is 1. The molecule has 4 nitrogen and oxygen atoms in total. The zero-order valence-electron chi connectivity index (χ0n) is 10.5. The first kappa shape index (κ1) is 12.7. The van der Waals surface area contributed by atoms with Crippen molar-refractivity contribution in [3.8, 4) is 22.4 Å². The van der Waals surface area contributed by atoms with Gasteiger partial charge in [0.1, 0.15) is 5.82 Å². The average molecular weight is 327 g/mol. The first-order valence-electron chi connectivity index (χ1n) is 6.02. The zero-order chi connectivity index (χ0) is 13.9. The molecule has 0 aliphatic heterocycles. The minimum atomic E-state index is 0.460. The Labute approximate surface area is 124 Å². The molecule has 0 aromatic carbocycles. The number of nitrogens with two attached hydrogens (primary N) is 1. The van der Waals surface area contributed by atoms with Gasteiger partial charge in [-0.2, -0.15) is 0 Å². The minimum Gasteiger partial charge on any atom is -0.383 e. The SMILES string of the molecule is Nc1nc(-c2cccnc2)c(-c2ccncc2)cc1Br. The van der Waals surface area contributed by atoms with Crippen molar-refractivity contribution >= 4 is 21.7 Å². The summed E-state index contributed by atoms with van der Waals surface area (Å²) >= 11 is 3.43. The lowest BCUT2D eigenvalue weighted by Crippen LogP contribution is -1.97. The number of hydrogen-bond acceptors (Lipinski definition) is 4. The first-order valence-corrected chi connectivity index (χ1v) is 6.82. The van der Waals surface area contributed by atoms with Crippen LogP contribution in [0.3, 0.4) is 0 Å². The Hall–Kier alpha value is -2.27. The fourth-order valence-corrected chi connectivity index (χ4v) is 2.30. The van der Waals surface area contributed by atoms with E-state index >= 15 is 0 Å². The van der Waals surface area contributed by atoms with Crippen LogP contribution in [0.1, 0.15) is 0 Å². The summed E-state index contributed by atoms with van der Waals surface area (Å²) in [7, 11) is 0. The molecule has 0 fully saturated rings. The summed E-state index contributed by atoms with van der Waals surface area (Å²) in [6.45, 7) is 0. The van der Waals surface area contributed by atoms with E-state index in [4.69, 9.17) is 5.73 Å². The smallest absolute Gasteiger partial charge is 0.138 e. The highest BCUT2D eigenvalue weighted by atomic mass is 79.9. The van der Waals surface area contributed by atoms with E-state index in [1.165, 1.54) is 0 Å². The van der Waals surface area contributed by atoms with Gasteiger partial charge >= 0.3 is 0 Å². The molecule has 2 N–H and O–H groups in total. The summed E-state index contributed by atoms with van der Waals surface area (Å²) in [5.74, 6) is 0.460. The zero-order valence-corrected chi connectivity index (χ0v) is 12.1. The van der Waals surface area contributed by atoms with Crippen molar-refractivity contribution in [2.75, 3.05) is 5.73 Å². The van der Waals surface area contributed by atoms with Crippen molar-refractivity contribution < 1.29 is 0 Å². The molecule has 0 saturated heterocycles. The number of nitrogens with zero attached hydrogens (tertiary/aromatic N) is 3. The molecule has 98 valence electrons. The number of halogens is 1. The second kappa shape index (κ2) is 5.38. The molecule has 0 radical (unpaired) electrons. The van der Waals surface area contributed by atoms with Crippen LogP contribution in [0.5, 0.6) is 0 Å². The largest absolute Gasteiger partial charge is 0.383 e. The predicted molar refractivity (Wildman–Crippen MR) is 82.8 cm³/mol. The van der Waals surface area contributed by atoms with Crippen LogP contribution in [0.15, 0.2) is 59.6 Å². The van der Waals surface area contributed by atoms with Crippen molar-refractivity contribution in [2.24, 2.45) is 0 Å². The molecule has 0 amide bonds. The van der Waals surface area contributed by atoms with Crippen LogP contribution < -0.4 is 5.73 Å². The molecule has 0 bridgehead atoms. The molecule has 5 heteroatoms. The van der Waals surface area contributed by atoms with Gasteiger partial charge in [0, 0.05) is 35.9 Å². The van der Waals surface area contributed by atoms with E-state index in [-0.39, 0.29) is 0 Å². The average Bonchev–Trinajstić information content (AvgIpc) is 2.51. The van der Waals surface area contributed by atoms with Crippen molar-refractivity contribution in [1.29, 1.82) is 0 Å². The molecular formula is C15H11BrN4. The normalized spacial score (nSPS) is 10.4. The van der Waals surface area contributed by atoms with Gasteiger partial charge in [-0.05, 0) is 51.8 Å². The van der Waals surface area contributed by atoms with E-state index < -0.39 is 0 Å². The van der Waals surface area contributed by atoms with Crippen molar-refractivity contribution in [3.63, 3.8) is 0 Å². The number of pyridine rings is 3. The highest BCUT2D eigenvalue weighted by Crippen LogP contribution is 2.34. The Morgan fingerprint density at radius 3 is 2.45 bits per heavy atom. The fraction of sp³-hybridized carbons (Fsp3) is 0. The number of rotatable bonds is 2. The van der Waals surface area contributed by atoms with Crippen LogP contribution in [0, 0.1) is 0 Å². The van der Waals surface area contributed by atoms with Crippen molar-refractivity contribution in [3.05, 3.63) is 59.6 Å². The van der Waals surface area contributed by atoms with Gasteiger partial charge in [0.25, 0.3) is 0 Å². The fourth-order valence-electron chi connectivity index (χ4n) is 1.98. The Morgan fingerprint density at radius 1 is 0.950 bits per heavy atom. The van der Waals surface area contributed by atoms with Crippen LogP contribution in [0.25, 0.3) is 22.4 Å². The quantitative estimate of drug-likeness (QED) is 0.782. The second-order valence-corrected chi connectivity index (χ2v) is 5.08. The van der Waals surface area contributed by atoms with E-state index in [0.717, 1.165) is 26.9 Å². The Balaban J connectivity index is 2.26. The maximum atomic E-state index is 5.91. The highest BCUT2D eigenvalue weighted by molar-refractivity contribution is 9.10. The summed E-state index contributed by atoms with van der Waals surface area (Å²) in [4.78, 5) is 12.7. The maximum Gasteiger partial charge on any atom is 0.138 e. The van der Waals surface area contributed by atoms with Crippen LogP contribution in [0.4, 0.5) is 5.82 Å². The molecule has 3 rings (SSSR count). The van der Waals surface area contributed by atoms with E-state index in [9.17, 15) is 0 Å². The van der Waals surface area contributed by atoms with Gasteiger partial charge < -0.3 is 5.73 Å². The first-order chi connectivity index (χ1) is 9.75. The molecule has 0 atom stereocenters. The van der Waals surface area contributed by atoms with Gasteiger partial charge in [-0.15, -0.1) is 0 Å². The Kier molecular flexibility index (Phi) is 3.43. The number of aromatic nitrogens is 3. The van der Waals surface area contributed by atoms with Gasteiger partial charge in [-0.25, -0.2) is 4.98 Å². The second-order valence-electron chi connectivity index (χ2n) is 4.23. The third-order valence-corrected chi connectivity index (χ3v) is 3.56. The lowest BCUT2D eigenvalue weighted by atomic mass is 10.0. The van der Waals surface area contributed by atoms with Crippen LogP contribution in [-0.4, -0.2) is 15.0 Å². The lowest BCUT2D eigenvalue weighted by Gasteiger charge is -2.11. The number of anilines is 1. The highest BCUT2D eigenvalue weighted by Gasteiger charge is 2.12. The summed E-state index contributed by atoms with van der Waals surface area (Å²) in [5.41, 5.74) is 9.68. The summed E-state index contributed by atoms with van der Waals surface area (Å²) < 4.78 is 0.775. The summed E-state index contributed by atoms with van der Waals surface area (Å²) in [5, 5.41) is 0. The number of nitrogen functional groups attached to an aromatic ring is 1. The molecule has 0 aliphatic carbocycles. The van der Waals surface area contributed by atoms with Crippen molar-refractivity contribution in [1.82, 2.24) is 15.0 Å². The Bertz CT molecular complexity index is 665. The minimum absolute atomic E-state index is 0.460. The standard InChI is InChI=1S/C15H11BrN4/c16-13-8-12(10-3-6-18-7-4-10)14(20-15(13)17)11-2-1-5-19-9-11/h1-9H,(H2,17,20). The Morgan fingerprint density at radius 2 is 1.75 bits per heavy atom. The van der Waals surface area contributed by atoms with E-state index in [1.54, 1.807) is 24.8 Å². The topological polar surface area (TPSA) is 64.7 Å². The van der Waals surface area contributed by atoms with Gasteiger partial charge in [0.2, 0.25) is 0 Å². The maximum absolute atomic E-state index is 5.91. The predicted octanol–water partition coefficient (Wildman–Crippen LogP) is 3.55. The van der Waals surface area contributed by atoms with E-state index in [2.05, 4.69) is 30.9 Å². The van der Waals surface area contributed by atoms with E-state index in [1.807, 2.05) is 30.3 Å². The van der Waals surface area contributed by atoms with Crippen LogP contribution in [0.2, 0.25) is 0 Å². The summed E-state index contributed by atoms with van der Waals surface area (Å²) in [6, 6.07) is 9.71. The van der Waals surface area contributed by atoms with Crippen LogP contribution in [-0.2, 0) is 0 Å².